The highest BCUT2D eigenvalue weighted by Crippen LogP contribution is 2.15. The van der Waals surface area contributed by atoms with Crippen molar-refractivity contribution in [2.45, 2.75) is 32.9 Å². The Kier molecular flexibility index (Phi) is 2.57. The molecule has 0 saturated heterocycles. The highest BCUT2D eigenvalue weighted by molar-refractivity contribution is 5.85. The number of nitrogens with zero attached hydrogens (tertiary/aromatic N) is 3. The Morgan fingerprint density at radius 2 is 2.53 bits per heavy atom. The second-order valence-corrected chi connectivity index (χ2v) is 3.54. The van der Waals surface area contributed by atoms with Gasteiger partial charge in [0.05, 0.1) is 6.61 Å². The molecule has 6 heteroatoms. The molecule has 0 aromatic carbocycles. The maximum atomic E-state index is 11.4. The number of ether oxygens (including phenoxy) is 1. The van der Waals surface area contributed by atoms with Gasteiger partial charge in [0, 0.05) is 12.6 Å². The number of aryl methyl sites for hydroxylation is 1. The smallest absolute Gasteiger partial charge is 0.378 e. The molecule has 1 aromatic rings. The van der Waals surface area contributed by atoms with Crippen LogP contribution in [0, 0.1) is 0 Å². The summed E-state index contributed by atoms with van der Waals surface area (Å²) in [4.78, 5) is 15.4. The number of aromatic nitrogens is 3. The normalized spacial score (nSPS) is 19.2. The van der Waals surface area contributed by atoms with Crippen LogP contribution in [0.5, 0.6) is 0 Å². The first-order valence-corrected chi connectivity index (χ1v) is 5.09. The highest BCUT2D eigenvalue weighted by atomic mass is 16.5. The van der Waals surface area contributed by atoms with Gasteiger partial charge in [-0.25, -0.2) is 9.48 Å². The predicted octanol–water partition coefficient (Wildman–Crippen LogP) is 0.659. The fourth-order valence-electron chi connectivity index (χ4n) is 1.50. The summed E-state index contributed by atoms with van der Waals surface area (Å²) in [5.41, 5.74) is 0. The molecule has 0 aliphatic carbocycles. The van der Waals surface area contributed by atoms with Crippen molar-refractivity contribution in [1.29, 1.82) is 0 Å². The monoisotopic (exact) mass is 210 g/mol. The molecular weight excluding hydrogens is 196 g/mol. The first-order chi connectivity index (χ1) is 7.20. The van der Waals surface area contributed by atoms with E-state index < -0.39 is 5.97 Å². The van der Waals surface area contributed by atoms with Crippen LogP contribution in [-0.4, -0.2) is 33.4 Å². The Labute approximate surface area is 87.6 Å². The van der Waals surface area contributed by atoms with Crippen molar-refractivity contribution in [2.24, 2.45) is 0 Å². The Bertz CT molecular complexity index is 374. The minimum atomic E-state index is -0.464. The van der Waals surface area contributed by atoms with Gasteiger partial charge in [0.2, 0.25) is 5.95 Å². The lowest BCUT2D eigenvalue weighted by Crippen LogP contribution is -2.26. The molecule has 0 radical (unpaired) electrons. The maximum Gasteiger partial charge on any atom is 0.378 e. The molecule has 0 amide bonds. The number of rotatable bonds is 2. The third kappa shape index (κ3) is 1.93. The van der Waals surface area contributed by atoms with Crippen molar-refractivity contribution in [3.8, 4) is 0 Å². The minimum Gasteiger partial charge on any atom is -0.460 e. The number of anilines is 1. The molecule has 1 aliphatic rings. The summed E-state index contributed by atoms with van der Waals surface area (Å²) in [6.45, 7) is 4.96. The molecule has 1 N–H and O–H groups in total. The molecule has 2 rings (SSSR count). The van der Waals surface area contributed by atoms with Gasteiger partial charge in [-0.3, -0.25) is 0 Å². The van der Waals surface area contributed by atoms with Crippen molar-refractivity contribution < 1.29 is 9.53 Å². The molecule has 1 atom stereocenters. The van der Waals surface area contributed by atoms with Gasteiger partial charge in [-0.1, -0.05) is 0 Å². The molecule has 0 saturated carbocycles. The van der Waals surface area contributed by atoms with E-state index in [1.165, 1.54) is 0 Å². The second-order valence-electron chi connectivity index (χ2n) is 3.54. The van der Waals surface area contributed by atoms with Gasteiger partial charge in [0.25, 0.3) is 5.82 Å². The van der Waals surface area contributed by atoms with E-state index in [1.54, 1.807) is 11.6 Å². The molecule has 0 bridgehead atoms. The lowest BCUT2D eigenvalue weighted by molar-refractivity contribution is 0.0511. The van der Waals surface area contributed by atoms with E-state index >= 15 is 0 Å². The summed E-state index contributed by atoms with van der Waals surface area (Å²) in [5.74, 6) is 0.319. The van der Waals surface area contributed by atoms with E-state index in [1.807, 2.05) is 0 Å². The van der Waals surface area contributed by atoms with Crippen LogP contribution in [0.4, 0.5) is 5.95 Å². The zero-order valence-electron chi connectivity index (χ0n) is 8.86. The van der Waals surface area contributed by atoms with Crippen LogP contribution in [0.2, 0.25) is 0 Å². The molecule has 1 aliphatic heterocycles. The van der Waals surface area contributed by atoms with Crippen molar-refractivity contribution in [3.05, 3.63) is 5.82 Å². The summed E-state index contributed by atoms with van der Waals surface area (Å²) >= 11 is 0. The van der Waals surface area contributed by atoms with E-state index in [4.69, 9.17) is 4.74 Å². The molecule has 1 unspecified atom stereocenters. The van der Waals surface area contributed by atoms with E-state index in [2.05, 4.69) is 22.3 Å². The molecule has 82 valence electrons. The first kappa shape index (κ1) is 9.95. The largest absolute Gasteiger partial charge is 0.460 e. The topological polar surface area (TPSA) is 69.0 Å². The van der Waals surface area contributed by atoms with E-state index in [9.17, 15) is 4.79 Å². The van der Waals surface area contributed by atoms with Crippen LogP contribution in [0.3, 0.4) is 0 Å². The molecular formula is C9H14N4O2. The second kappa shape index (κ2) is 3.88. The van der Waals surface area contributed by atoms with Crippen LogP contribution in [-0.2, 0) is 11.3 Å². The minimum absolute atomic E-state index is 0.133. The molecule has 2 heterocycles. The summed E-state index contributed by atoms with van der Waals surface area (Å²) in [7, 11) is 0. The Balaban J connectivity index is 2.19. The SMILES string of the molecule is CCOC(=O)c1nc2n(n1)CCC(C)N2. The number of nitrogens with one attached hydrogen (secondary N) is 1. The fourth-order valence-corrected chi connectivity index (χ4v) is 1.50. The van der Waals surface area contributed by atoms with Gasteiger partial charge >= 0.3 is 5.97 Å². The summed E-state index contributed by atoms with van der Waals surface area (Å²) in [6, 6.07) is 0.372. The fraction of sp³-hybridized carbons (Fsp3) is 0.667. The predicted molar refractivity (Wildman–Crippen MR) is 53.7 cm³/mol. The molecule has 0 fully saturated rings. The molecule has 15 heavy (non-hydrogen) atoms. The van der Waals surface area contributed by atoms with Crippen LogP contribution in [0.15, 0.2) is 0 Å². The van der Waals surface area contributed by atoms with Crippen molar-refractivity contribution in [3.63, 3.8) is 0 Å². The van der Waals surface area contributed by atoms with Crippen molar-refractivity contribution >= 4 is 11.9 Å². The molecule has 0 spiro atoms. The quantitative estimate of drug-likeness (QED) is 0.726. The van der Waals surface area contributed by atoms with Crippen LogP contribution >= 0.6 is 0 Å². The van der Waals surface area contributed by atoms with Crippen LogP contribution in [0.1, 0.15) is 30.9 Å². The number of carbonyl (C=O) groups excluding carboxylic acids is 1. The van der Waals surface area contributed by atoms with Crippen molar-refractivity contribution in [2.75, 3.05) is 11.9 Å². The van der Waals surface area contributed by atoms with Crippen molar-refractivity contribution in [1.82, 2.24) is 14.8 Å². The Morgan fingerprint density at radius 1 is 1.73 bits per heavy atom. The van der Waals surface area contributed by atoms with Crippen LogP contribution < -0.4 is 5.32 Å². The highest BCUT2D eigenvalue weighted by Gasteiger charge is 2.21. The lowest BCUT2D eigenvalue weighted by Gasteiger charge is -2.20. The zero-order valence-corrected chi connectivity index (χ0v) is 8.86. The first-order valence-electron chi connectivity index (χ1n) is 5.09. The van der Waals surface area contributed by atoms with Gasteiger partial charge in [-0.05, 0) is 20.3 Å². The summed E-state index contributed by atoms with van der Waals surface area (Å²) in [6.07, 6.45) is 0.985. The van der Waals surface area contributed by atoms with Gasteiger partial charge in [-0.15, -0.1) is 5.10 Å². The number of hydrogen-bond acceptors (Lipinski definition) is 5. The molecule has 1 aromatic heterocycles. The third-order valence-electron chi connectivity index (χ3n) is 2.28. The van der Waals surface area contributed by atoms with Gasteiger partial charge < -0.3 is 10.1 Å². The molecule has 6 nitrogen and oxygen atoms in total. The van der Waals surface area contributed by atoms with E-state index in [0.717, 1.165) is 13.0 Å². The average molecular weight is 210 g/mol. The van der Waals surface area contributed by atoms with E-state index in [-0.39, 0.29) is 5.82 Å². The van der Waals surface area contributed by atoms with E-state index in [0.29, 0.717) is 18.6 Å². The Hall–Kier alpha value is -1.59. The lowest BCUT2D eigenvalue weighted by atomic mass is 10.2. The zero-order chi connectivity index (χ0) is 10.8. The van der Waals surface area contributed by atoms with Gasteiger partial charge in [0.15, 0.2) is 0 Å². The number of hydrogen-bond donors (Lipinski definition) is 1. The number of carbonyl (C=O) groups is 1. The van der Waals surface area contributed by atoms with Crippen LogP contribution in [0.25, 0.3) is 0 Å². The number of fused-ring (bicyclic) bond motifs is 1. The number of esters is 1. The summed E-state index contributed by atoms with van der Waals surface area (Å²) in [5, 5.41) is 7.23. The summed E-state index contributed by atoms with van der Waals surface area (Å²) < 4.78 is 6.53. The van der Waals surface area contributed by atoms with Gasteiger partial charge in [-0.2, -0.15) is 4.98 Å². The Morgan fingerprint density at radius 3 is 3.27 bits per heavy atom. The van der Waals surface area contributed by atoms with Gasteiger partial charge in [0.1, 0.15) is 0 Å². The standard InChI is InChI=1S/C9H14N4O2/c1-3-15-8(14)7-11-9-10-6(2)4-5-13(9)12-7/h6H,3-5H2,1-2H3,(H,10,11,12). The third-order valence-corrected chi connectivity index (χ3v) is 2.28. The average Bonchev–Trinajstić information content (AvgIpc) is 2.60. The maximum absolute atomic E-state index is 11.4.